The molecule has 0 amide bonds. The van der Waals surface area contributed by atoms with Crippen LogP contribution in [-0.4, -0.2) is 14.7 Å². The molecule has 166 valence electrons. The van der Waals surface area contributed by atoms with E-state index in [1.165, 1.54) is 12.1 Å². The van der Waals surface area contributed by atoms with Crippen LogP contribution in [0.1, 0.15) is 34.7 Å². The summed E-state index contributed by atoms with van der Waals surface area (Å²) in [6.45, 7) is 4.16. The second kappa shape index (κ2) is 8.61. The normalized spacial score (nSPS) is 17.9. The fourth-order valence-electron chi connectivity index (χ4n) is 4.64. The van der Waals surface area contributed by atoms with E-state index in [0.29, 0.717) is 10.1 Å². The SMILES string of the molecule is Cc1cc([C@@H]2[C@@H](c3ccccn3)NC(=S)N2c2ccc(F)cc2)c(C)n1-c1ccccc1Cl. The van der Waals surface area contributed by atoms with Gasteiger partial charge in [-0.3, -0.25) is 4.98 Å². The quantitative estimate of drug-likeness (QED) is 0.343. The second-order valence-electron chi connectivity index (χ2n) is 8.09. The number of nitrogens with one attached hydrogen (secondary N) is 1. The van der Waals surface area contributed by atoms with Crippen molar-refractivity contribution < 1.29 is 4.39 Å². The van der Waals surface area contributed by atoms with Crippen LogP contribution in [-0.2, 0) is 0 Å². The first kappa shape index (κ1) is 21.6. The molecule has 0 saturated carbocycles. The molecular weight excluding hydrogens is 455 g/mol. The second-order valence-corrected chi connectivity index (χ2v) is 8.88. The third kappa shape index (κ3) is 3.79. The number of rotatable bonds is 4. The maximum absolute atomic E-state index is 13.7. The Balaban J connectivity index is 1.69. The molecule has 4 nitrogen and oxygen atoms in total. The van der Waals surface area contributed by atoms with Gasteiger partial charge in [-0.05, 0) is 86.2 Å². The summed E-state index contributed by atoms with van der Waals surface area (Å²) in [5, 5.41) is 4.71. The van der Waals surface area contributed by atoms with Crippen molar-refractivity contribution in [3.8, 4) is 5.69 Å². The predicted molar refractivity (Wildman–Crippen MR) is 135 cm³/mol. The molecule has 5 rings (SSSR count). The lowest BCUT2D eigenvalue weighted by atomic mass is 9.96. The first-order valence-electron chi connectivity index (χ1n) is 10.7. The molecule has 0 aliphatic carbocycles. The summed E-state index contributed by atoms with van der Waals surface area (Å²) < 4.78 is 15.8. The molecule has 4 aromatic rings. The molecule has 1 saturated heterocycles. The largest absolute Gasteiger partial charge is 0.351 e. The molecule has 1 N–H and O–H groups in total. The van der Waals surface area contributed by atoms with Gasteiger partial charge in [0.15, 0.2) is 5.11 Å². The molecular formula is C26H22ClFN4S. The molecule has 0 spiro atoms. The number of aryl methyl sites for hydroxylation is 1. The van der Waals surface area contributed by atoms with E-state index in [-0.39, 0.29) is 17.9 Å². The van der Waals surface area contributed by atoms with Crippen molar-refractivity contribution in [3.63, 3.8) is 0 Å². The Kier molecular flexibility index (Phi) is 5.64. The summed E-state index contributed by atoms with van der Waals surface area (Å²) in [5.41, 5.74) is 5.85. The number of hydrogen-bond acceptors (Lipinski definition) is 2. The van der Waals surface area contributed by atoms with E-state index in [9.17, 15) is 4.39 Å². The number of thiocarbonyl (C=S) groups is 1. The summed E-state index contributed by atoms with van der Waals surface area (Å²) in [6.07, 6.45) is 1.78. The topological polar surface area (TPSA) is 33.1 Å². The first-order chi connectivity index (χ1) is 16.0. The summed E-state index contributed by atoms with van der Waals surface area (Å²) in [6, 6.07) is 21.9. The van der Waals surface area contributed by atoms with E-state index in [1.54, 1.807) is 18.3 Å². The predicted octanol–water partition coefficient (Wildman–Crippen LogP) is 6.46. The highest BCUT2D eigenvalue weighted by atomic mass is 35.5. The van der Waals surface area contributed by atoms with Gasteiger partial charge in [-0.1, -0.05) is 29.8 Å². The Morgan fingerprint density at radius 2 is 1.73 bits per heavy atom. The Morgan fingerprint density at radius 1 is 1.00 bits per heavy atom. The number of halogens is 2. The van der Waals surface area contributed by atoms with Crippen LogP contribution in [0.5, 0.6) is 0 Å². The lowest BCUT2D eigenvalue weighted by molar-refractivity contribution is 0.565. The van der Waals surface area contributed by atoms with Crippen molar-refractivity contribution in [3.05, 3.63) is 112 Å². The third-order valence-corrected chi connectivity index (χ3v) is 6.72. The van der Waals surface area contributed by atoms with Gasteiger partial charge < -0.3 is 14.8 Å². The first-order valence-corrected chi connectivity index (χ1v) is 11.4. The van der Waals surface area contributed by atoms with Crippen molar-refractivity contribution >= 4 is 34.6 Å². The zero-order chi connectivity index (χ0) is 23.1. The van der Waals surface area contributed by atoms with Gasteiger partial charge >= 0.3 is 0 Å². The summed E-state index contributed by atoms with van der Waals surface area (Å²) in [4.78, 5) is 6.66. The van der Waals surface area contributed by atoms with Crippen LogP contribution < -0.4 is 10.2 Å². The molecule has 0 unspecified atom stereocenters. The van der Waals surface area contributed by atoms with Crippen molar-refractivity contribution in [1.29, 1.82) is 0 Å². The Labute approximate surface area is 202 Å². The minimum Gasteiger partial charge on any atom is -0.351 e. The van der Waals surface area contributed by atoms with Crippen molar-refractivity contribution in [1.82, 2.24) is 14.9 Å². The van der Waals surface area contributed by atoms with Crippen LogP contribution in [0.15, 0.2) is 79.0 Å². The van der Waals surface area contributed by atoms with E-state index in [2.05, 4.69) is 34.8 Å². The number of para-hydroxylation sites is 1. The zero-order valence-corrected chi connectivity index (χ0v) is 19.7. The van der Waals surface area contributed by atoms with Crippen LogP contribution in [0.3, 0.4) is 0 Å². The van der Waals surface area contributed by atoms with Gasteiger partial charge in [-0.25, -0.2) is 4.39 Å². The van der Waals surface area contributed by atoms with Gasteiger partial charge in [0.1, 0.15) is 5.82 Å². The van der Waals surface area contributed by atoms with Crippen LogP contribution >= 0.6 is 23.8 Å². The van der Waals surface area contributed by atoms with Crippen molar-refractivity contribution in [2.45, 2.75) is 25.9 Å². The lowest BCUT2D eigenvalue weighted by Gasteiger charge is -2.28. The van der Waals surface area contributed by atoms with E-state index in [0.717, 1.165) is 34.0 Å². The Hall–Kier alpha value is -3.22. The highest BCUT2D eigenvalue weighted by molar-refractivity contribution is 7.80. The molecule has 7 heteroatoms. The summed E-state index contributed by atoms with van der Waals surface area (Å²) in [5.74, 6) is -0.286. The van der Waals surface area contributed by atoms with Gasteiger partial charge in [0.05, 0.1) is 28.5 Å². The number of aromatic nitrogens is 2. The Morgan fingerprint density at radius 3 is 2.42 bits per heavy atom. The molecule has 2 aromatic heterocycles. The zero-order valence-electron chi connectivity index (χ0n) is 18.2. The molecule has 3 heterocycles. The smallest absolute Gasteiger partial charge is 0.174 e. The van der Waals surface area contributed by atoms with Crippen LogP contribution in [0.25, 0.3) is 5.69 Å². The van der Waals surface area contributed by atoms with Gasteiger partial charge in [0.25, 0.3) is 0 Å². The van der Waals surface area contributed by atoms with E-state index in [4.69, 9.17) is 23.8 Å². The van der Waals surface area contributed by atoms with Crippen molar-refractivity contribution in [2.24, 2.45) is 0 Å². The van der Waals surface area contributed by atoms with Gasteiger partial charge in [-0.2, -0.15) is 0 Å². The van der Waals surface area contributed by atoms with Crippen LogP contribution in [0.4, 0.5) is 10.1 Å². The van der Waals surface area contributed by atoms with Gasteiger partial charge in [-0.15, -0.1) is 0 Å². The monoisotopic (exact) mass is 476 g/mol. The molecule has 2 atom stereocenters. The van der Waals surface area contributed by atoms with Crippen LogP contribution in [0, 0.1) is 19.7 Å². The average molecular weight is 477 g/mol. The number of pyridine rings is 1. The number of hydrogen-bond donors (Lipinski definition) is 1. The maximum Gasteiger partial charge on any atom is 0.174 e. The highest BCUT2D eigenvalue weighted by Crippen LogP contribution is 2.44. The van der Waals surface area contributed by atoms with Crippen LogP contribution in [0.2, 0.25) is 5.02 Å². The van der Waals surface area contributed by atoms with E-state index in [1.807, 2.05) is 47.4 Å². The summed E-state index contributed by atoms with van der Waals surface area (Å²) in [7, 11) is 0. The molecule has 0 radical (unpaired) electrons. The maximum atomic E-state index is 13.7. The molecule has 33 heavy (non-hydrogen) atoms. The number of benzene rings is 2. The third-order valence-electron chi connectivity index (χ3n) is 6.09. The Bertz CT molecular complexity index is 1320. The minimum atomic E-state index is -0.286. The number of nitrogens with zero attached hydrogens (tertiary/aromatic N) is 3. The van der Waals surface area contributed by atoms with Crippen molar-refractivity contribution in [2.75, 3.05) is 4.90 Å². The highest BCUT2D eigenvalue weighted by Gasteiger charge is 2.42. The molecule has 1 aliphatic heterocycles. The van der Waals surface area contributed by atoms with Gasteiger partial charge in [0, 0.05) is 23.3 Å². The minimum absolute atomic E-state index is 0.177. The number of anilines is 1. The lowest BCUT2D eigenvalue weighted by Crippen LogP contribution is -2.29. The molecule has 1 fully saturated rings. The molecule has 1 aliphatic rings. The summed E-state index contributed by atoms with van der Waals surface area (Å²) >= 11 is 12.3. The average Bonchev–Trinajstić information content (AvgIpc) is 3.31. The van der Waals surface area contributed by atoms with Gasteiger partial charge in [0.2, 0.25) is 0 Å². The van der Waals surface area contributed by atoms with E-state index < -0.39 is 0 Å². The van der Waals surface area contributed by atoms with E-state index >= 15 is 0 Å². The fraction of sp³-hybridized carbons (Fsp3) is 0.154. The molecule has 2 aromatic carbocycles. The standard InChI is InChI=1S/C26H22ClFN4S/c1-16-15-20(17(2)31(16)23-9-4-3-7-21(23)27)25-24(22-8-5-6-14-29-22)30-26(33)32(25)19-12-10-18(28)11-13-19/h3-15,24-25H,1-2H3,(H,30,33)/t24-,25-/m1/s1. The molecule has 0 bridgehead atoms. The fourth-order valence-corrected chi connectivity index (χ4v) is 5.21.